The van der Waals surface area contributed by atoms with Crippen LogP contribution in [0.1, 0.15) is 50.5 Å². The minimum atomic E-state index is 0.233. The highest BCUT2D eigenvalue weighted by Gasteiger charge is 2.35. The maximum atomic E-state index is 12.6. The molecule has 1 amide bonds. The smallest absolute Gasteiger partial charge is 0.223 e. The van der Waals surface area contributed by atoms with E-state index in [1.807, 2.05) is 6.07 Å². The van der Waals surface area contributed by atoms with Gasteiger partial charge in [0.1, 0.15) is 0 Å². The molecular weight excluding hydrogens is 260 g/mol. The van der Waals surface area contributed by atoms with Gasteiger partial charge in [0.05, 0.1) is 0 Å². The Morgan fingerprint density at radius 1 is 1.29 bits per heavy atom. The van der Waals surface area contributed by atoms with Gasteiger partial charge in [-0.05, 0) is 37.7 Å². The van der Waals surface area contributed by atoms with Crippen LogP contribution < -0.4 is 5.73 Å². The lowest BCUT2D eigenvalue weighted by Crippen LogP contribution is -2.37. The van der Waals surface area contributed by atoms with E-state index >= 15 is 0 Å². The van der Waals surface area contributed by atoms with Crippen molar-refractivity contribution in [3.8, 4) is 0 Å². The average molecular weight is 286 g/mol. The quantitative estimate of drug-likeness (QED) is 0.928. The van der Waals surface area contributed by atoms with Gasteiger partial charge in [-0.2, -0.15) is 0 Å². The minimum absolute atomic E-state index is 0.233. The Labute approximate surface area is 127 Å². The molecule has 1 aliphatic carbocycles. The molecule has 2 N–H and O–H groups in total. The number of rotatable bonds is 3. The van der Waals surface area contributed by atoms with Crippen LogP contribution >= 0.6 is 0 Å². The number of nitrogens with zero attached hydrogens (tertiary/aromatic N) is 1. The highest BCUT2D eigenvalue weighted by molar-refractivity contribution is 5.77. The predicted octanol–water partition coefficient (Wildman–Crippen LogP) is 2.91. The number of likely N-dealkylation sites (tertiary alicyclic amines) is 1. The number of amides is 1. The second kappa shape index (κ2) is 6.18. The molecule has 3 nitrogen and oxygen atoms in total. The summed E-state index contributed by atoms with van der Waals surface area (Å²) in [6.07, 6.45) is 5.11. The van der Waals surface area contributed by atoms with E-state index in [0.29, 0.717) is 30.2 Å². The number of hydrogen-bond acceptors (Lipinski definition) is 2. The largest absolute Gasteiger partial charge is 0.339 e. The summed E-state index contributed by atoms with van der Waals surface area (Å²) in [7, 11) is 0. The first-order valence-corrected chi connectivity index (χ1v) is 8.25. The molecule has 114 valence electrons. The molecular formula is C18H26N2O. The van der Waals surface area contributed by atoms with Crippen LogP contribution in [0.15, 0.2) is 30.3 Å². The van der Waals surface area contributed by atoms with E-state index in [1.54, 1.807) is 0 Å². The van der Waals surface area contributed by atoms with Crippen LogP contribution in [-0.2, 0) is 4.79 Å². The molecule has 1 aliphatic heterocycles. The van der Waals surface area contributed by atoms with E-state index in [4.69, 9.17) is 5.73 Å². The first kappa shape index (κ1) is 14.6. The Morgan fingerprint density at radius 2 is 2.05 bits per heavy atom. The van der Waals surface area contributed by atoms with Crippen LogP contribution in [0.5, 0.6) is 0 Å². The van der Waals surface area contributed by atoms with Crippen molar-refractivity contribution in [1.82, 2.24) is 4.90 Å². The molecule has 0 aromatic heterocycles. The zero-order valence-corrected chi connectivity index (χ0v) is 12.9. The number of benzene rings is 1. The summed E-state index contributed by atoms with van der Waals surface area (Å²) in [5.41, 5.74) is 7.47. The maximum Gasteiger partial charge on any atom is 0.223 e. The molecule has 1 heterocycles. The summed E-state index contributed by atoms with van der Waals surface area (Å²) in [5.74, 6) is 1.20. The Hall–Kier alpha value is -1.35. The van der Waals surface area contributed by atoms with Gasteiger partial charge in [-0.3, -0.25) is 4.79 Å². The fourth-order valence-electron chi connectivity index (χ4n) is 4.01. The number of nitrogens with two attached hydrogens (primary N) is 1. The van der Waals surface area contributed by atoms with Gasteiger partial charge in [0.25, 0.3) is 0 Å². The lowest BCUT2D eigenvalue weighted by molar-refractivity contribution is -0.132. The summed E-state index contributed by atoms with van der Waals surface area (Å²) < 4.78 is 0. The third kappa shape index (κ3) is 3.13. The molecule has 2 fully saturated rings. The summed E-state index contributed by atoms with van der Waals surface area (Å²) in [5, 5.41) is 0. The van der Waals surface area contributed by atoms with Crippen molar-refractivity contribution in [2.75, 3.05) is 6.54 Å². The second-order valence-corrected chi connectivity index (χ2v) is 6.80. The van der Waals surface area contributed by atoms with Crippen molar-refractivity contribution in [2.45, 2.75) is 57.0 Å². The highest BCUT2D eigenvalue weighted by Crippen LogP contribution is 2.34. The van der Waals surface area contributed by atoms with Crippen LogP contribution in [0.4, 0.5) is 0 Å². The van der Waals surface area contributed by atoms with Gasteiger partial charge < -0.3 is 10.6 Å². The lowest BCUT2D eigenvalue weighted by Gasteiger charge is -2.24. The second-order valence-electron chi connectivity index (χ2n) is 6.80. The van der Waals surface area contributed by atoms with Crippen LogP contribution in [0.25, 0.3) is 0 Å². The molecule has 3 heteroatoms. The molecule has 3 rings (SSSR count). The molecule has 1 saturated carbocycles. The molecule has 2 unspecified atom stereocenters. The number of carbonyl (C=O) groups excluding carboxylic acids is 1. The maximum absolute atomic E-state index is 12.6. The molecule has 1 aromatic rings. The van der Waals surface area contributed by atoms with E-state index in [-0.39, 0.29) is 6.04 Å². The van der Waals surface area contributed by atoms with Gasteiger partial charge in [-0.15, -0.1) is 0 Å². The normalized spacial score (nSPS) is 32.6. The van der Waals surface area contributed by atoms with Crippen molar-refractivity contribution in [3.05, 3.63) is 35.9 Å². The summed E-state index contributed by atoms with van der Waals surface area (Å²) in [6.45, 7) is 3.04. The van der Waals surface area contributed by atoms with E-state index in [9.17, 15) is 4.79 Å². The fraction of sp³-hybridized carbons (Fsp3) is 0.611. The standard InChI is InChI=1S/C18H26N2O/c1-13-10-16(14-6-3-2-4-7-14)12-20(13)18(21)11-15-8-5-9-17(15)19/h2-4,6-7,13,15-17H,5,8-12,19H2,1H3/t13?,15-,16?,17+/m0/s1. The lowest BCUT2D eigenvalue weighted by atomic mass is 9.97. The van der Waals surface area contributed by atoms with Gasteiger partial charge in [-0.25, -0.2) is 0 Å². The summed E-state index contributed by atoms with van der Waals surface area (Å²) >= 11 is 0. The number of carbonyl (C=O) groups is 1. The third-order valence-electron chi connectivity index (χ3n) is 5.32. The van der Waals surface area contributed by atoms with E-state index in [2.05, 4.69) is 36.1 Å². The van der Waals surface area contributed by atoms with Gasteiger partial charge in [-0.1, -0.05) is 36.8 Å². The molecule has 0 spiro atoms. The first-order chi connectivity index (χ1) is 10.1. The van der Waals surface area contributed by atoms with Crippen molar-refractivity contribution in [3.63, 3.8) is 0 Å². The van der Waals surface area contributed by atoms with Crippen molar-refractivity contribution in [2.24, 2.45) is 11.7 Å². The first-order valence-electron chi connectivity index (χ1n) is 8.25. The Morgan fingerprint density at radius 3 is 2.71 bits per heavy atom. The fourth-order valence-corrected chi connectivity index (χ4v) is 4.01. The molecule has 0 radical (unpaired) electrons. The van der Waals surface area contributed by atoms with Crippen LogP contribution in [0, 0.1) is 5.92 Å². The SMILES string of the molecule is CC1CC(c2ccccc2)CN1C(=O)C[C@@H]1CCC[C@H]1N. The molecule has 0 bridgehead atoms. The van der Waals surface area contributed by atoms with Crippen molar-refractivity contribution >= 4 is 5.91 Å². The molecule has 21 heavy (non-hydrogen) atoms. The van der Waals surface area contributed by atoms with Crippen molar-refractivity contribution < 1.29 is 4.79 Å². The molecule has 2 aliphatic rings. The van der Waals surface area contributed by atoms with Crippen molar-refractivity contribution in [1.29, 1.82) is 0 Å². The topological polar surface area (TPSA) is 46.3 Å². The number of hydrogen-bond donors (Lipinski definition) is 1. The van der Waals surface area contributed by atoms with E-state index < -0.39 is 0 Å². The van der Waals surface area contributed by atoms with Gasteiger partial charge in [0, 0.05) is 31.0 Å². The Bertz CT molecular complexity index is 487. The third-order valence-corrected chi connectivity index (χ3v) is 5.32. The molecule has 4 atom stereocenters. The summed E-state index contributed by atoms with van der Waals surface area (Å²) in [4.78, 5) is 14.7. The Balaban J connectivity index is 1.62. The molecule has 1 aromatic carbocycles. The zero-order valence-electron chi connectivity index (χ0n) is 12.9. The predicted molar refractivity (Wildman–Crippen MR) is 84.9 cm³/mol. The molecule has 1 saturated heterocycles. The Kier molecular flexibility index (Phi) is 4.29. The van der Waals surface area contributed by atoms with Crippen LogP contribution in [0.3, 0.4) is 0 Å². The van der Waals surface area contributed by atoms with Gasteiger partial charge in [0.2, 0.25) is 5.91 Å². The van der Waals surface area contributed by atoms with Crippen LogP contribution in [-0.4, -0.2) is 29.4 Å². The monoisotopic (exact) mass is 286 g/mol. The van der Waals surface area contributed by atoms with E-state index in [1.165, 1.54) is 12.0 Å². The minimum Gasteiger partial charge on any atom is -0.339 e. The van der Waals surface area contributed by atoms with Crippen LogP contribution in [0.2, 0.25) is 0 Å². The van der Waals surface area contributed by atoms with Gasteiger partial charge in [0.15, 0.2) is 0 Å². The van der Waals surface area contributed by atoms with Gasteiger partial charge >= 0.3 is 0 Å². The highest BCUT2D eigenvalue weighted by atomic mass is 16.2. The summed E-state index contributed by atoms with van der Waals surface area (Å²) in [6, 6.07) is 11.2. The van der Waals surface area contributed by atoms with E-state index in [0.717, 1.165) is 25.8 Å². The zero-order chi connectivity index (χ0) is 14.8. The average Bonchev–Trinajstić information content (AvgIpc) is 3.06.